The first-order valence-corrected chi connectivity index (χ1v) is 6.96. The van der Waals surface area contributed by atoms with Crippen LogP contribution in [0, 0.1) is 6.92 Å². The van der Waals surface area contributed by atoms with Crippen molar-refractivity contribution in [1.29, 1.82) is 0 Å². The second kappa shape index (κ2) is 5.68. The van der Waals surface area contributed by atoms with Crippen molar-refractivity contribution in [3.63, 3.8) is 0 Å². The predicted octanol–water partition coefficient (Wildman–Crippen LogP) is 3.39. The molecule has 3 aromatic rings. The van der Waals surface area contributed by atoms with E-state index >= 15 is 0 Å². The molecule has 0 spiro atoms. The summed E-state index contributed by atoms with van der Waals surface area (Å²) in [5.41, 5.74) is 4.06. The van der Waals surface area contributed by atoms with Gasteiger partial charge in [-0.3, -0.25) is 0 Å². The standard InChI is InChI=1S/C16H14ClN3O/c1-11-6-8-12(9-7-11)20-16(15(10-21)18-19-20)13-4-2-3-5-14(13)17/h2-9,21H,10H2,1H3. The largest absolute Gasteiger partial charge is 0.390 e. The molecule has 1 aromatic heterocycles. The maximum atomic E-state index is 9.52. The summed E-state index contributed by atoms with van der Waals surface area (Å²) < 4.78 is 1.70. The van der Waals surface area contributed by atoms with E-state index in [0.717, 1.165) is 11.3 Å². The summed E-state index contributed by atoms with van der Waals surface area (Å²) in [4.78, 5) is 0. The van der Waals surface area contributed by atoms with Gasteiger partial charge in [0.2, 0.25) is 0 Å². The summed E-state index contributed by atoms with van der Waals surface area (Å²) in [6.45, 7) is 1.84. The molecule has 4 nitrogen and oxygen atoms in total. The molecule has 0 radical (unpaired) electrons. The molecule has 0 amide bonds. The second-order valence-electron chi connectivity index (χ2n) is 4.77. The van der Waals surface area contributed by atoms with E-state index in [1.807, 2.05) is 55.5 Å². The molecule has 0 atom stereocenters. The zero-order valence-electron chi connectivity index (χ0n) is 11.5. The number of aromatic nitrogens is 3. The molecule has 0 saturated heterocycles. The van der Waals surface area contributed by atoms with Crippen LogP contribution < -0.4 is 0 Å². The van der Waals surface area contributed by atoms with Gasteiger partial charge < -0.3 is 5.11 Å². The highest BCUT2D eigenvalue weighted by molar-refractivity contribution is 6.33. The molecular formula is C16H14ClN3O. The highest BCUT2D eigenvalue weighted by atomic mass is 35.5. The van der Waals surface area contributed by atoms with Crippen molar-refractivity contribution in [2.75, 3.05) is 0 Å². The summed E-state index contributed by atoms with van der Waals surface area (Å²) >= 11 is 6.28. The van der Waals surface area contributed by atoms with E-state index in [1.165, 1.54) is 5.56 Å². The van der Waals surface area contributed by atoms with Crippen molar-refractivity contribution in [2.24, 2.45) is 0 Å². The van der Waals surface area contributed by atoms with Gasteiger partial charge >= 0.3 is 0 Å². The molecule has 1 N–H and O–H groups in total. The van der Waals surface area contributed by atoms with Gasteiger partial charge in [0.1, 0.15) is 11.4 Å². The molecule has 0 unspecified atom stereocenters. The Labute approximate surface area is 127 Å². The van der Waals surface area contributed by atoms with E-state index in [2.05, 4.69) is 10.3 Å². The van der Waals surface area contributed by atoms with E-state index in [0.29, 0.717) is 16.4 Å². The average Bonchev–Trinajstić information content (AvgIpc) is 2.92. The topological polar surface area (TPSA) is 50.9 Å². The van der Waals surface area contributed by atoms with E-state index in [1.54, 1.807) is 4.68 Å². The lowest BCUT2D eigenvalue weighted by molar-refractivity contribution is 0.277. The van der Waals surface area contributed by atoms with Crippen molar-refractivity contribution < 1.29 is 5.11 Å². The number of hydrogen-bond donors (Lipinski definition) is 1. The first kappa shape index (κ1) is 13.8. The summed E-state index contributed by atoms with van der Waals surface area (Å²) in [5, 5.41) is 18.3. The molecule has 0 aliphatic heterocycles. The third kappa shape index (κ3) is 2.55. The van der Waals surface area contributed by atoms with Crippen molar-refractivity contribution in [1.82, 2.24) is 15.0 Å². The molecule has 1 heterocycles. The molecule has 21 heavy (non-hydrogen) atoms. The molecule has 106 valence electrons. The Morgan fingerprint density at radius 1 is 1.10 bits per heavy atom. The van der Waals surface area contributed by atoms with E-state index in [4.69, 9.17) is 11.6 Å². The Hall–Kier alpha value is -2.17. The van der Waals surface area contributed by atoms with Gasteiger partial charge in [0.25, 0.3) is 0 Å². The zero-order chi connectivity index (χ0) is 14.8. The van der Waals surface area contributed by atoms with E-state index < -0.39 is 0 Å². The minimum absolute atomic E-state index is 0.188. The van der Waals surface area contributed by atoms with Gasteiger partial charge in [-0.1, -0.05) is 52.7 Å². The number of hydrogen-bond acceptors (Lipinski definition) is 3. The van der Waals surface area contributed by atoms with Crippen molar-refractivity contribution in [3.05, 3.63) is 64.8 Å². The maximum Gasteiger partial charge on any atom is 0.117 e. The fourth-order valence-corrected chi connectivity index (χ4v) is 2.43. The Kier molecular flexibility index (Phi) is 3.73. The lowest BCUT2D eigenvalue weighted by atomic mass is 10.1. The number of benzene rings is 2. The van der Waals surface area contributed by atoms with Crippen LogP contribution in [0.25, 0.3) is 16.9 Å². The number of aliphatic hydroxyl groups is 1. The molecule has 0 fully saturated rings. The smallest absolute Gasteiger partial charge is 0.117 e. The maximum absolute atomic E-state index is 9.52. The zero-order valence-corrected chi connectivity index (χ0v) is 12.2. The van der Waals surface area contributed by atoms with Crippen LogP contribution in [0.5, 0.6) is 0 Å². The number of aliphatic hydroxyl groups excluding tert-OH is 1. The molecule has 5 heteroatoms. The van der Waals surface area contributed by atoms with Crippen LogP contribution in [0.15, 0.2) is 48.5 Å². The van der Waals surface area contributed by atoms with Gasteiger partial charge in [-0.05, 0) is 25.1 Å². The lowest BCUT2D eigenvalue weighted by Crippen LogP contribution is -2.00. The number of rotatable bonds is 3. The van der Waals surface area contributed by atoms with Gasteiger partial charge in [0.05, 0.1) is 17.3 Å². The first-order valence-electron chi connectivity index (χ1n) is 6.58. The fraction of sp³-hybridized carbons (Fsp3) is 0.125. The quantitative estimate of drug-likeness (QED) is 0.806. The Balaban J connectivity index is 2.22. The monoisotopic (exact) mass is 299 g/mol. The van der Waals surface area contributed by atoms with Gasteiger partial charge in [-0.15, -0.1) is 5.10 Å². The van der Waals surface area contributed by atoms with Gasteiger partial charge in [0, 0.05) is 5.56 Å². The van der Waals surface area contributed by atoms with E-state index in [-0.39, 0.29) is 6.61 Å². The summed E-state index contributed by atoms with van der Waals surface area (Å²) in [6, 6.07) is 15.4. The second-order valence-corrected chi connectivity index (χ2v) is 5.18. The minimum atomic E-state index is -0.188. The molecule has 0 saturated carbocycles. The molecule has 2 aromatic carbocycles. The highest BCUT2D eigenvalue weighted by Crippen LogP contribution is 2.31. The van der Waals surface area contributed by atoms with Crippen LogP contribution in [0.2, 0.25) is 5.02 Å². The van der Waals surface area contributed by atoms with Gasteiger partial charge in [-0.25, -0.2) is 4.68 Å². The van der Waals surface area contributed by atoms with Crippen LogP contribution in [0.3, 0.4) is 0 Å². The SMILES string of the molecule is Cc1ccc(-n2nnc(CO)c2-c2ccccc2Cl)cc1. The highest BCUT2D eigenvalue weighted by Gasteiger charge is 2.17. The Morgan fingerprint density at radius 2 is 1.81 bits per heavy atom. The number of nitrogens with zero attached hydrogens (tertiary/aromatic N) is 3. The molecule has 0 aliphatic rings. The normalized spacial score (nSPS) is 10.8. The predicted molar refractivity (Wildman–Crippen MR) is 82.5 cm³/mol. The van der Waals surface area contributed by atoms with Crippen LogP contribution >= 0.6 is 11.6 Å². The van der Waals surface area contributed by atoms with Gasteiger partial charge in [0.15, 0.2) is 0 Å². The third-order valence-electron chi connectivity index (χ3n) is 3.30. The molecule has 0 aliphatic carbocycles. The Morgan fingerprint density at radius 3 is 2.48 bits per heavy atom. The van der Waals surface area contributed by atoms with Crippen LogP contribution in [0.4, 0.5) is 0 Å². The summed E-state index contributed by atoms with van der Waals surface area (Å²) in [7, 11) is 0. The molecule has 0 bridgehead atoms. The van der Waals surface area contributed by atoms with Crippen LogP contribution in [-0.2, 0) is 6.61 Å². The van der Waals surface area contributed by atoms with E-state index in [9.17, 15) is 5.11 Å². The average molecular weight is 300 g/mol. The minimum Gasteiger partial charge on any atom is -0.390 e. The Bertz CT molecular complexity index is 765. The van der Waals surface area contributed by atoms with Crippen molar-refractivity contribution in [3.8, 4) is 16.9 Å². The first-order chi connectivity index (χ1) is 10.2. The van der Waals surface area contributed by atoms with Crippen molar-refractivity contribution >= 4 is 11.6 Å². The fourth-order valence-electron chi connectivity index (χ4n) is 2.21. The molecular weight excluding hydrogens is 286 g/mol. The summed E-state index contributed by atoms with van der Waals surface area (Å²) in [5.74, 6) is 0. The number of halogens is 1. The van der Waals surface area contributed by atoms with Crippen molar-refractivity contribution in [2.45, 2.75) is 13.5 Å². The lowest BCUT2D eigenvalue weighted by Gasteiger charge is -2.09. The van der Waals surface area contributed by atoms with Gasteiger partial charge in [-0.2, -0.15) is 0 Å². The van der Waals surface area contributed by atoms with Crippen LogP contribution in [0.1, 0.15) is 11.3 Å². The third-order valence-corrected chi connectivity index (χ3v) is 3.63. The number of aryl methyl sites for hydroxylation is 1. The van der Waals surface area contributed by atoms with Crippen LogP contribution in [-0.4, -0.2) is 20.1 Å². The summed E-state index contributed by atoms with van der Waals surface area (Å²) in [6.07, 6.45) is 0. The molecule has 3 rings (SSSR count).